The van der Waals surface area contributed by atoms with E-state index in [1.165, 1.54) is 0 Å². The Morgan fingerprint density at radius 1 is 1.09 bits per heavy atom. The summed E-state index contributed by atoms with van der Waals surface area (Å²) in [5, 5.41) is 2.17. The number of pyridine rings is 1. The monoisotopic (exact) mass is 292 g/mol. The second kappa shape index (κ2) is 4.77. The molecule has 0 aliphatic heterocycles. The van der Waals surface area contributed by atoms with E-state index >= 15 is 0 Å². The van der Waals surface area contributed by atoms with Crippen molar-refractivity contribution < 1.29 is 9.59 Å². The first-order valence-corrected chi connectivity index (χ1v) is 7.56. The van der Waals surface area contributed by atoms with Gasteiger partial charge in [0.05, 0.1) is 18.0 Å². The van der Waals surface area contributed by atoms with E-state index in [9.17, 15) is 9.59 Å². The van der Waals surface area contributed by atoms with Crippen LogP contribution in [-0.2, 0) is 9.59 Å². The van der Waals surface area contributed by atoms with Crippen molar-refractivity contribution in [2.24, 2.45) is 0 Å². The smallest absolute Gasteiger partial charge is 0.163 e. The van der Waals surface area contributed by atoms with E-state index in [2.05, 4.69) is 17.1 Å². The van der Waals surface area contributed by atoms with Crippen molar-refractivity contribution in [2.75, 3.05) is 0 Å². The van der Waals surface area contributed by atoms with Gasteiger partial charge in [-0.05, 0) is 31.5 Å². The van der Waals surface area contributed by atoms with Gasteiger partial charge in [0.1, 0.15) is 11.4 Å². The summed E-state index contributed by atoms with van der Waals surface area (Å²) in [5.74, 6) is 0.0494. The topological polar surface area (TPSA) is 52.0 Å². The maximum atomic E-state index is 12.4. The summed E-state index contributed by atoms with van der Waals surface area (Å²) in [4.78, 5) is 28.6. The van der Waals surface area contributed by atoms with Crippen LogP contribution in [0.15, 0.2) is 36.4 Å². The van der Waals surface area contributed by atoms with Crippen molar-refractivity contribution in [3.8, 4) is 0 Å². The van der Waals surface area contributed by atoms with Gasteiger partial charge in [-0.15, -0.1) is 0 Å². The number of rotatable bonds is 1. The van der Waals surface area contributed by atoms with E-state index < -0.39 is 0 Å². The summed E-state index contributed by atoms with van der Waals surface area (Å²) in [6, 6.07) is 11.8. The highest BCUT2D eigenvalue weighted by molar-refractivity contribution is 6.09. The number of hydrogen-bond donors (Lipinski definition) is 0. The molecule has 0 N–H and O–H groups in total. The number of hydrogen-bond acceptors (Lipinski definition) is 3. The number of aromatic nitrogens is 2. The molecular formula is C18H16N2O2. The number of ketones is 2. The molecule has 2 aromatic heterocycles. The van der Waals surface area contributed by atoms with E-state index in [0.717, 1.165) is 27.6 Å². The molecule has 1 aliphatic carbocycles. The molecule has 0 amide bonds. The minimum atomic E-state index is -0.283. The number of fused-ring (bicyclic) bond motifs is 3. The number of aryl methyl sites for hydroxylation is 1. The van der Waals surface area contributed by atoms with Crippen LogP contribution in [0.25, 0.3) is 21.9 Å². The Morgan fingerprint density at radius 2 is 1.91 bits per heavy atom. The predicted octanol–water partition coefficient (Wildman–Crippen LogP) is 3.36. The first-order valence-electron chi connectivity index (χ1n) is 7.56. The highest BCUT2D eigenvalue weighted by Crippen LogP contribution is 2.34. The summed E-state index contributed by atoms with van der Waals surface area (Å²) < 4.78 is 2.03. The Kier molecular flexibility index (Phi) is 2.86. The van der Waals surface area contributed by atoms with Gasteiger partial charge in [-0.2, -0.15) is 0 Å². The van der Waals surface area contributed by atoms with Crippen LogP contribution in [0, 0.1) is 6.92 Å². The number of Topliss-reactive ketones (excluding diaryl/α,β-unsaturated/α-hetero) is 2. The lowest BCUT2D eigenvalue weighted by Crippen LogP contribution is -2.27. The van der Waals surface area contributed by atoms with Gasteiger partial charge in [-0.1, -0.05) is 18.2 Å². The van der Waals surface area contributed by atoms with Crippen LogP contribution in [0.2, 0.25) is 0 Å². The molecule has 1 fully saturated rings. The Bertz CT molecular complexity index is 923. The number of benzene rings is 1. The highest BCUT2D eigenvalue weighted by Gasteiger charge is 2.30. The standard InChI is InChI=1S/C18H16N2O2/c1-11-6-8-14-13-4-2-3-5-15(13)20(18(14)19-11)16-9-7-12(21)10-17(16)22/h2-6,8,16H,7,9-10H2,1H3. The molecule has 0 bridgehead atoms. The molecule has 1 saturated carbocycles. The van der Waals surface area contributed by atoms with Crippen molar-refractivity contribution in [2.45, 2.75) is 32.2 Å². The number of nitrogens with zero attached hydrogens (tertiary/aromatic N) is 2. The quantitative estimate of drug-likeness (QED) is 0.646. The van der Waals surface area contributed by atoms with Crippen LogP contribution < -0.4 is 0 Å². The lowest BCUT2D eigenvalue weighted by Gasteiger charge is -2.23. The van der Waals surface area contributed by atoms with Crippen LogP contribution in [-0.4, -0.2) is 21.1 Å². The van der Waals surface area contributed by atoms with Crippen molar-refractivity contribution >= 4 is 33.5 Å². The molecule has 2 heterocycles. The average molecular weight is 292 g/mol. The largest absolute Gasteiger partial charge is 0.315 e. The SMILES string of the molecule is Cc1ccc2c3ccccc3n(C3CCC(=O)CC3=O)c2n1. The minimum absolute atomic E-state index is 0.00205. The third-order valence-electron chi connectivity index (χ3n) is 4.45. The number of para-hydroxylation sites is 1. The number of carbonyl (C=O) groups excluding carboxylic acids is 2. The van der Waals surface area contributed by atoms with Gasteiger partial charge in [-0.25, -0.2) is 4.98 Å². The fourth-order valence-electron chi connectivity index (χ4n) is 3.41. The molecular weight excluding hydrogens is 276 g/mol. The predicted molar refractivity (Wildman–Crippen MR) is 84.9 cm³/mol. The zero-order chi connectivity index (χ0) is 15.3. The zero-order valence-corrected chi connectivity index (χ0v) is 12.4. The molecule has 4 heteroatoms. The fourth-order valence-corrected chi connectivity index (χ4v) is 3.41. The van der Waals surface area contributed by atoms with E-state index in [1.807, 2.05) is 35.8 Å². The zero-order valence-electron chi connectivity index (χ0n) is 12.4. The van der Waals surface area contributed by atoms with E-state index in [-0.39, 0.29) is 24.0 Å². The molecule has 1 unspecified atom stereocenters. The second-order valence-electron chi connectivity index (χ2n) is 5.95. The minimum Gasteiger partial charge on any atom is -0.315 e. The fraction of sp³-hybridized carbons (Fsp3) is 0.278. The Balaban J connectivity index is 2.04. The Hall–Kier alpha value is -2.49. The Morgan fingerprint density at radius 3 is 2.73 bits per heavy atom. The van der Waals surface area contributed by atoms with Crippen molar-refractivity contribution in [1.82, 2.24) is 9.55 Å². The summed E-state index contributed by atoms with van der Waals surface area (Å²) >= 11 is 0. The normalized spacial score (nSPS) is 19.2. The number of carbonyl (C=O) groups is 2. The van der Waals surface area contributed by atoms with E-state index in [0.29, 0.717) is 12.8 Å². The van der Waals surface area contributed by atoms with Gasteiger partial charge in [0.25, 0.3) is 0 Å². The van der Waals surface area contributed by atoms with Crippen LogP contribution in [0.3, 0.4) is 0 Å². The molecule has 0 saturated heterocycles. The van der Waals surface area contributed by atoms with Gasteiger partial charge >= 0.3 is 0 Å². The van der Waals surface area contributed by atoms with Gasteiger partial charge in [-0.3, -0.25) is 9.59 Å². The summed E-state index contributed by atoms with van der Waals surface area (Å²) in [7, 11) is 0. The average Bonchev–Trinajstić information content (AvgIpc) is 2.81. The molecule has 1 atom stereocenters. The molecule has 0 radical (unpaired) electrons. The molecule has 1 aromatic carbocycles. The van der Waals surface area contributed by atoms with Gasteiger partial charge < -0.3 is 4.57 Å². The first-order chi connectivity index (χ1) is 10.6. The van der Waals surface area contributed by atoms with Gasteiger partial charge in [0.15, 0.2) is 5.78 Å². The second-order valence-corrected chi connectivity index (χ2v) is 5.95. The lowest BCUT2D eigenvalue weighted by molar-refractivity contribution is -0.131. The van der Waals surface area contributed by atoms with Crippen LogP contribution in [0.1, 0.15) is 31.0 Å². The van der Waals surface area contributed by atoms with E-state index in [1.54, 1.807) is 0 Å². The first kappa shape index (κ1) is 13.2. The maximum absolute atomic E-state index is 12.4. The van der Waals surface area contributed by atoms with Crippen molar-refractivity contribution in [3.05, 3.63) is 42.1 Å². The van der Waals surface area contributed by atoms with Crippen LogP contribution in [0.5, 0.6) is 0 Å². The summed E-state index contributed by atoms with van der Waals surface area (Å²) in [6.45, 7) is 1.95. The molecule has 110 valence electrons. The van der Waals surface area contributed by atoms with Gasteiger partial charge in [0.2, 0.25) is 0 Å². The third-order valence-corrected chi connectivity index (χ3v) is 4.45. The van der Waals surface area contributed by atoms with Crippen molar-refractivity contribution in [1.29, 1.82) is 0 Å². The summed E-state index contributed by atoms with van der Waals surface area (Å²) in [6.07, 6.45) is 1.09. The van der Waals surface area contributed by atoms with Crippen LogP contribution >= 0.6 is 0 Å². The van der Waals surface area contributed by atoms with Crippen LogP contribution in [0.4, 0.5) is 0 Å². The van der Waals surface area contributed by atoms with Crippen molar-refractivity contribution in [3.63, 3.8) is 0 Å². The van der Waals surface area contributed by atoms with Gasteiger partial charge in [0, 0.05) is 22.9 Å². The highest BCUT2D eigenvalue weighted by atomic mass is 16.2. The van der Waals surface area contributed by atoms with E-state index in [4.69, 9.17) is 0 Å². The molecule has 1 aliphatic rings. The molecule has 0 spiro atoms. The molecule has 4 nitrogen and oxygen atoms in total. The third kappa shape index (κ3) is 1.87. The lowest BCUT2D eigenvalue weighted by atomic mass is 9.92. The summed E-state index contributed by atoms with van der Waals surface area (Å²) in [5.41, 5.74) is 2.79. The molecule has 4 rings (SSSR count). The molecule has 22 heavy (non-hydrogen) atoms. The maximum Gasteiger partial charge on any atom is 0.163 e. The Labute approximate surface area is 127 Å². The molecule has 3 aromatic rings.